The molecule has 6 rings (SSSR count). The second kappa shape index (κ2) is 79.6. The van der Waals surface area contributed by atoms with Gasteiger partial charge in [0.05, 0.1) is 64.5 Å². The molecule has 4 atom stereocenters. The van der Waals surface area contributed by atoms with Crippen LogP contribution in [0.1, 0.15) is 472 Å². The summed E-state index contributed by atoms with van der Waals surface area (Å²) in [7, 11) is 3.16. The number of hydrogen-bond donors (Lipinski definition) is 2. The number of carboxylic acid groups (broad SMARTS) is 1. The molecule has 2 aromatic carbocycles. The molecule has 754 valence electrons. The summed E-state index contributed by atoms with van der Waals surface area (Å²) < 4.78 is 59.4. The topological polar surface area (TPSA) is 244 Å². The lowest BCUT2D eigenvalue weighted by Gasteiger charge is -2.32. The minimum absolute atomic E-state index is 0. The maximum atomic E-state index is 12.0. The summed E-state index contributed by atoms with van der Waals surface area (Å²) in [4.78, 5) is 67.9. The number of aliphatic hydroxyl groups is 1. The molecule has 2 N–H and O–H groups in total. The highest BCUT2D eigenvalue weighted by Gasteiger charge is 2.41. The van der Waals surface area contributed by atoms with Crippen molar-refractivity contribution in [3.63, 3.8) is 0 Å². The fraction of sp³-hybridized carbons (Fsp3) is 0.830. The number of methoxy groups -OCH3 is 2. The number of aliphatic carboxylic acids is 1. The van der Waals surface area contributed by atoms with Crippen LogP contribution < -0.4 is 9.47 Å². The van der Waals surface area contributed by atoms with Crippen LogP contribution in [0, 0.1) is 32.5 Å². The first-order chi connectivity index (χ1) is 52.9. The van der Waals surface area contributed by atoms with Crippen LogP contribution in [0.2, 0.25) is 0 Å². The van der Waals surface area contributed by atoms with Crippen molar-refractivity contribution < 1.29 is 91.1 Å². The summed E-state index contributed by atoms with van der Waals surface area (Å²) in [6, 6.07) is 16.9. The average Bonchev–Trinajstić information content (AvgIpc) is 1.73. The van der Waals surface area contributed by atoms with Gasteiger partial charge in [-0.05, 0) is 285 Å². The van der Waals surface area contributed by atoms with Gasteiger partial charge in [-0.3, -0.25) is 28.8 Å². The monoisotopic (exact) mass is 1790 g/mol. The third-order valence-corrected chi connectivity index (χ3v) is 23.5. The third-order valence-electron chi connectivity index (χ3n) is 23.5. The number of aliphatic hydroxyl groups excluding tert-OH is 1. The number of esters is 5. The summed E-state index contributed by atoms with van der Waals surface area (Å²) in [5, 5.41) is 16.8. The number of benzene rings is 2. The molecule has 0 bridgehead atoms. The van der Waals surface area contributed by atoms with Crippen LogP contribution in [0.3, 0.4) is 0 Å². The second-order valence-electron chi connectivity index (χ2n) is 35.0. The Hall–Kier alpha value is -5.34. The Morgan fingerprint density at radius 3 is 0.792 bits per heavy atom. The SMILES string of the molecule is C.C.C.C.C.C.C.C.C.C.C.C.CCC(C)(C)C(=O)O.CCC(C)(C)C(=O)OCCO.CCC(C)(C)C(=O)OCCOC.CCC(C)(C)C(=O)OCCOC.CCC(C)c1ccc(OC(C)OC2CCCCC2)cc1.CCC(C)c1ccc(OC(C)OC2CCCCC2)cc1.CCC1(OC(=O)C(C)(C)CC)CCCC1.CCC1(OC(=O)C(C)(C)CC)CCCC1. The van der Waals surface area contributed by atoms with E-state index in [0.29, 0.717) is 56.9 Å². The normalized spacial score (nSPS) is 15.0. The van der Waals surface area contributed by atoms with E-state index in [2.05, 4.69) is 90.1 Å². The van der Waals surface area contributed by atoms with Crippen molar-refractivity contribution in [2.45, 2.75) is 497 Å². The Morgan fingerprint density at radius 2 is 0.592 bits per heavy atom. The Kier molecular flexibility index (Phi) is 96.1. The lowest BCUT2D eigenvalue weighted by molar-refractivity contribution is -0.171. The standard InChI is InChI=1S/2C18H28O2.2C13H24O2.2C9H18O3.C8H16O3.C6H12O2.12CH4/c2*1-4-14(2)16-10-12-18(13-11-16)20-15(3)19-17-8-6-5-7-9-17;2*1-5-12(3,4)11(14)15-13(6-2)9-7-8-10-13;2*1-5-9(2,3)8(10)12-7-6-11-4;1-4-8(2,3)7(10)11-6-5-9;1-4-6(2,3)5(7)8;;;;;;;;;;;;/h2*10-15,17H,4-9H2,1-3H3;2*5-10H2,1-4H3;2*5-7H2,1-4H3;9H,4-6H2,1-3H3;4H2,1-3H3,(H,7,8);12*1H4. The average molecular weight is 1790 g/mol. The first-order valence-corrected chi connectivity index (χ1v) is 43.6. The van der Waals surface area contributed by atoms with Crippen molar-refractivity contribution in [3.8, 4) is 11.5 Å². The molecule has 4 fully saturated rings. The Balaban J connectivity index is -0.0000000939. The van der Waals surface area contributed by atoms with E-state index in [1.54, 1.807) is 28.1 Å². The van der Waals surface area contributed by atoms with Gasteiger partial charge in [0.1, 0.15) is 42.5 Å². The van der Waals surface area contributed by atoms with Gasteiger partial charge in [0.15, 0.2) is 12.6 Å². The zero-order valence-corrected chi connectivity index (χ0v) is 77.0. The molecule has 19 heteroatoms. The van der Waals surface area contributed by atoms with Gasteiger partial charge >= 0.3 is 35.8 Å². The molecule has 4 unspecified atom stereocenters. The number of ether oxygens (including phenoxy) is 11. The molecule has 0 saturated heterocycles. The van der Waals surface area contributed by atoms with E-state index in [0.717, 1.165) is 82.1 Å². The van der Waals surface area contributed by atoms with E-state index < -0.39 is 16.8 Å². The van der Waals surface area contributed by atoms with Crippen molar-refractivity contribution in [1.82, 2.24) is 0 Å². The van der Waals surface area contributed by atoms with Crippen molar-refractivity contribution in [1.29, 1.82) is 0 Å². The fourth-order valence-corrected chi connectivity index (χ4v) is 11.4. The third kappa shape index (κ3) is 62.6. The highest BCUT2D eigenvalue weighted by atomic mass is 16.7. The molecule has 0 amide bonds. The number of hydrogen-bond acceptors (Lipinski definition) is 18. The lowest BCUT2D eigenvalue weighted by atomic mass is 9.89. The smallest absolute Gasteiger partial charge is 0.312 e. The Bertz CT molecular complexity index is 2660. The highest BCUT2D eigenvalue weighted by molar-refractivity contribution is 5.78. The zero-order valence-electron chi connectivity index (χ0n) is 77.0. The van der Waals surface area contributed by atoms with Gasteiger partial charge < -0.3 is 62.3 Å². The molecule has 4 aliphatic carbocycles. The van der Waals surface area contributed by atoms with Crippen molar-refractivity contribution >= 4 is 35.8 Å². The van der Waals surface area contributed by atoms with Gasteiger partial charge in [-0.25, -0.2) is 0 Å². The van der Waals surface area contributed by atoms with E-state index in [4.69, 9.17) is 62.3 Å². The number of carboxylic acids is 1. The van der Waals surface area contributed by atoms with E-state index in [-0.39, 0.29) is 178 Å². The Morgan fingerprint density at radius 1 is 0.352 bits per heavy atom. The zero-order chi connectivity index (χ0) is 86.7. The van der Waals surface area contributed by atoms with Crippen LogP contribution in [-0.4, -0.2) is 136 Å². The largest absolute Gasteiger partial charge is 0.481 e. The summed E-state index contributed by atoms with van der Waals surface area (Å²) in [6.45, 7) is 53.1. The molecule has 0 heterocycles. The van der Waals surface area contributed by atoms with E-state index in [1.165, 1.54) is 114 Å². The lowest BCUT2D eigenvalue weighted by Crippen LogP contribution is -2.37. The fourth-order valence-electron chi connectivity index (χ4n) is 11.4. The van der Waals surface area contributed by atoms with E-state index in [1.807, 2.05) is 125 Å². The molecule has 4 aliphatic rings. The predicted octanol–water partition coefficient (Wildman–Crippen LogP) is 31.2. The summed E-state index contributed by atoms with van der Waals surface area (Å²) >= 11 is 0. The predicted molar refractivity (Wildman–Crippen MR) is 538 cm³/mol. The van der Waals surface area contributed by atoms with Crippen molar-refractivity contribution in [2.75, 3.05) is 53.9 Å². The van der Waals surface area contributed by atoms with Crippen LogP contribution in [0.4, 0.5) is 0 Å². The van der Waals surface area contributed by atoms with Gasteiger partial charge in [0.2, 0.25) is 0 Å². The van der Waals surface area contributed by atoms with E-state index >= 15 is 0 Å². The summed E-state index contributed by atoms with van der Waals surface area (Å²) in [6.07, 6.45) is 31.0. The molecular weight excluding hydrogens is 1580 g/mol. The molecule has 2 aromatic rings. The molecule has 19 nitrogen and oxygen atoms in total. The minimum Gasteiger partial charge on any atom is -0.481 e. The highest BCUT2D eigenvalue weighted by Crippen LogP contribution is 2.40. The van der Waals surface area contributed by atoms with Gasteiger partial charge in [-0.2, -0.15) is 0 Å². The van der Waals surface area contributed by atoms with Gasteiger partial charge in [-0.15, -0.1) is 0 Å². The van der Waals surface area contributed by atoms with E-state index in [9.17, 15) is 28.8 Å². The molecular formula is C106H216O19. The molecule has 0 spiro atoms. The van der Waals surface area contributed by atoms with Crippen LogP contribution in [0.15, 0.2) is 48.5 Å². The quantitative estimate of drug-likeness (QED) is 0.0279. The van der Waals surface area contributed by atoms with Crippen LogP contribution >= 0.6 is 0 Å². The number of carbonyl (C=O) groups excluding carboxylic acids is 5. The van der Waals surface area contributed by atoms with Crippen LogP contribution in [-0.2, 0) is 71.4 Å². The molecule has 0 aliphatic heterocycles. The first-order valence-electron chi connectivity index (χ1n) is 43.6. The maximum Gasteiger partial charge on any atom is 0.312 e. The first kappa shape index (κ1) is 151. The van der Waals surface area contributed by atoms with Gasteiger partial charge in [0, 0.05) is 14.2 Å². The Labute approximate surface area is 777 Å². The minimum atomic E-state index is -0.722. The van der Waals surface area contributed by atoms with Crippen LogP contribution in [0.25, 0.3) is 0 Å². The maximum absolute atomic E-state index is 12.0. The molecule has 0 radical (unpaired) electrons. The number of rotatable bonds is 36. The van der Waals surface area contributed by atoms with Gasteiger partial charge in [0.25, 0.3) is 0 Å². The molecule has 4 saturated carbocycles. The molecule has 0 aromatic heterocycles. The summed E-state index contributed by atoms with van der Waals surface area (Å²) in [5.74, 6) is 1.72. The van der Waals surface area contributed by atoms with Crippen LogP contribution in [0.5, 0.6) is 11.5 Å². The van der Waals surface area contributed by atoms with Crippen molar-refractivity contribution in [2.24, 2.45) is 32.5 Å². The molecule has 125 heavy (non-hydrogen) atoms. The second-order valence-corrected chi connectivity index (χ2v) is 35.0. The number of carbonyl (C=O) groups is 6. The van der Waals surface area contributed by atoms with Crippen molar-refractivity contribution in [3.05, 3.63) is 59.7 Å². The van der Waals surface area contributed by atoms with Gasteiger partial charge in [-0.1, -0.05) is 235 Å². The summed E-state index contributed by atoms with van der Waals surface area (Å²) in [5.41, 5.74) is 0.126.